The molecular weight excluding hydrogens is 691 g/mol. The van der Waals surface area contributed by atoms with E-state index in [1.807, 2.05) is 30.5 Å². The van der Waals surface area contributed by atoms with Crippen molar-refractivity contribution in [1.82, 2.24) is 9.97 Å². The number of fused-ring (bicyclic) bond motifs is 6. The fraction of sp³-hybridized carbons (Fsp3) is 0.0185. The monoisotopic (exact) mass is 727 g/mol. The van der Waals surface area contributed by atoms with Gasteiger partial charge in [-0.15, -0.1) is 0 Å². The van der Waals surface area contributed by atoms with Crippen LogP contribution in [0.15, 0.2) is 211 Å². The minimum absolute atomic E-state index is 0.674. The van der Waals surface area contributed by atoms with Gasteiger partial charge in [-0.3, -0.25) is 4.99 Å². The van der Waals surface area contributed by atoms with Crippen molar-refractivity contribution in [2.24, 2.45) is 4.99 Å². The second kappa shape index (κ2) is 14.3. The number of rotatable bonds is 6. The lowest BCUT2D eigenvalue weighted by molar-refractivity contribution is 1.18. The number of hydrogen-bond acceptors (Lipinski definition) is 3. The van der Waals surface area contributed by atoms with Crippen LogP contribution >= 0.6 is 0 Å². The number of aliphatic imine (C=N–C) groups is 1. The lowest BCUT2D eigenvalue weighted by atomic mass is 9.92. The van der Waals surface area contributed by atoms with Crippen molar-refractivity contribution in [3.8, 4) is 45.0 Å². The molecule has 0 fully saturated rings. The molecule has 0 saturated carbocycles. The van der Waals surface area contributed by atoms with E-state index in [1.165, 1.54) is 48.8 Å². The van der Waals surface area contributed by atoms with Gasteiger partial charge in [0.2, 0.25) is 0 Å². The van der Waals surface area contributed by atoms with Gasteiger partial charge in [-0.2, -0.15) is 0 Å². The van der Waals surface area contributed by atoms with Gasteiger partial charge < -0.3 is 0 Å². The molecule has 1 aliphatic rings. The minimum Gasteiger partial charge on any atom is -0.256 e. The summed E-state index contributed by atoms with van der Waals surface area (Å²) in [6.45, 7) is 6.19. The molecule has 268 valence electrons. The SMILES string of the molecule is C=C1C=CC=C/C1=N/C=C(\C)c1ccc(-c2nc(-c3ccc(-c4cc5ccccc5c5ccccc45)cc3)cc(-c3cc4ccccc4c4ccccc34)n2)cc1. The molecule has 1 heterocycles. The van der Waals surface area contributed by atoms with Crippen LogP contribution in [0.3, 0.4) is 0 Å². The van der Waals surface area contributed by atoms with Crippen LogP contribution in [0.4, 0.5) is 0 Å². The molecule has 9 aromatic rings. The van der Waals surface area contributed by atoms with Crippen molar-refractivity contribution >= 4 is 54.4 Å². The fourth-order valence-corrected chi connectivity index (χ4v) is 8.00. The molecule has 3 nitrogen and oxygen atoms in total. The second-order valence-electron chi connectivity index (χ2n) is 14.6. The van der Waals surface area contributed by atoms with Crippen molar-refractivity contribution in [1.29, 1.82) is 0 Å². The van der Waals surface area contributed by atoms with Gasteiger partial charge in [0, 0.05) is 22.9 Å². The first-order valence-electron chi connectivity index (χ1n) is 19.3. The minimum atomic E-state index is 0.674. The molecular formula is C54H37N3. The predicted molar refractivity (Wildman–Crippen MR) is 242 cm³/mol. The van der Waals surface area contributed by atoms with Crippen molar-refractivity contribution in [3.63, 3.8) is 0 Å². The van der Waals surface area contributed by atoms with Crippen LogP contribution in [0.2, 0.25) is 0 Å². The van der Waals surface area contributed by atoms with E-state index in [4.69, 9.17) is 15.0 Å². The van der Waals surface area contributed by atoms with Gasteiger partial charge in [-0.1, -0.05) is 170 Å². The van der Waals surface area contributed by atoms with Crippen molar-refractivity contribution in [2.45, 2.75) is 6.92 Å². The van der Waals surface area contributed by atoms with E-state index in [9.17, 15) is 0 Å². The molecule has 0 unspecified atom stereocenters. The summed E-state index contributed by atoms with van der Waals surface area (Å²) in [6.07, 6.45) is 9.82. The topological polar surface area (TPSA) is 38.1 Å². The molecule has 1 aromatic heterocycles. The van der Waals surface area contributed by atoms with Crippen LogP contribution in [-0.2, 0) is 0 Å². The first-order chi connectivity index (χ1) is 28.1. The predicted octanol–water partition coefficient (Wildman–Crippen LogP) is 14.2. The maximum absolute atomic E-state index is 5.29. The number of benzene rings is 8. The molecule has 0 N–H and O–H groups in total. The quantitative estimate of drug-likeness (QED) is 0.160. The van der Waals surface area contributed by atoms with Crippen LogP contribution in [-0.4, -0.2) is 15.7 Å². The van der Waals surface area contributed by atoms with Gasteiger partial charge in [0.15, 0.2) is 5.82 Å². The fourth-order valence-electron chi connectivity index (χ4n) is 8.00. The number of hydrogen-bond donors (Lipinski definition) is 0. The maximum atomic E-state index is 5.29. The van der Waals surface area contributed by atoms with Crippen LogP contribution in [0.25, 0.3) is 93.7 Å². The van der Waals surface area contributed by atoms with Crippen molar-refractivity contribution in [3.05, 3.63) is 212 Å². The van der Waals surface area contributed by atoms with Crippen molar-refractivity contribution < 1.29 is 0 Å². The van der Waals surface area contributed by atoms with Crippen molar-refractivity contribution in [2.75, 3.05) is 0 Å². The lowest BCUT2D eigenvalue weighted by Gasteiger charge is -2.14. The Morgan fingerprint density at radius 2 is 1.00 bits per heavy atom. The van der Waals surface area contributed by atoms with Crippen LogP contribution in [0, 0.1) is 0 Å². The Balaban J connectivity index is 1.09. The summed E-state index contributed by atoms with van der Waals surface area (Å²) < 4.78 is 0. The molecule has 0 radical (unpaired) electrons. The van der Waals surface area contributed by atoms with E-state index < -0.39 is 0 Å². The summed E-state index contributed by atoms with van der Waals surface area (Å²) in [5.41, 5.74) is 11.1. The van der Waals surface area contributed by atoms with E-state index >= 15 is 0 Å². The third-order valence-electron chi connectivity index (χ3n) is 11.0. The molecule has 0 spiro atoms. The van der Waals surface area contributed by atoms with Gasteiger partial charge >= 0.3 is 0 Å². The Hall–Kier alpha value is -7.49. The van der Waals surface area contributed by atoms with E-state index in [1.54, 1.807) is 0 Å². The number of allylic oxidation sites excluding steroid dienone is 6. The summed E-state index contributed by atoms with van der Waals surface area (Å²) in [5, 5.41) is 9.78. The van der Waals surface area contributed by atoms with Crippen LogP contribution in [0.5, 0.6) is 0 Å². The van der Waals surface area contributed by atoms with Gasteiger partial charge in [-0.25, -0.2) is 9.97 Å². The Bertz CT molecular complexity index is 3180. The number of aromatic nitrogens is 2. The molecule has 3 heteroatoms. The first kappa shape index (κ1) is 34.0. The Labute approximate surface area is 332 Å². The van der Waals surface area contributed by atoms with Gasteiger partial charge in [0.1, 0.15) is 0 Å². The highest BCUT2D eigenvalue weighted by Gasteiger charge is 2.16. The zero-order valence-corrected chi connectivity index (χ0v) is 31.5. The van der Waals surface area contributed by atoms with Gasteiger partial charge in [0.25, 0.3) is 0 Å². The summed E-state index contributed by atoms with van der Waals surface area (Å²) in [4.78, 5) is 15.2. The van der Waals surface area contributed by atoms with E-state index in [0.29, 0.717) is 5.82 Å². The lowest BCUT2D eigenvalue weighted by Crippen LogP contribution is -1.97. The van der Waals surface area contributed by atoms with Crippen LogP contribution < -0.4 is 0 Å². The maximum Gasteiger partial charge on any atom is 0.160 e. The standard InChI is InChI=1S/C54H37N3/c1-35-13-3-12-22-51(35)55-34-36(2)37-23-29-40(30-24-37)54-56-52(33-53(57-54)50-32-42-15-5-7-17-44(42)46-19-9-11-21-48(46)50)39-27-25-38(26-28-39)49-31-41-14-4-6-16-43(41)45-18-8-10-20-47(45)49/h3-34H,1H2,2H3/b36-34+,55-51-. The molecule has 1 aliphatic carbocycles. The molecule has 0 bridgehead atoms. The molecule has 0 amide bonds. The zero-order chi connectivity index (χ0) is 38.3. The molecule has 0 aliphatic heterocycles. The molecule has 8 aromatic carbocycles. The highest BCUT2D eigenvalue weighted by molar-refractivity contribution is 6.15. The molecule has 0 saturated heterocycles. The summed E-state index contributed by atoms with van der Waals surface area (Å²) >= 11 is 0. The average molecular weight is 728 g/mol. The third kappa shape index (κ3) is 6.35. The highest BCUT2D eigenvalue weighted by Crippen LogP contribution is 2.38. The highest BCUT2D eigenvalue weighted by atomic mass is 14.9. The Morgan fingerprint density at radius 1 is 0.491 bits per heavy atom. The van der Waals surface area contributed by atoms with E-state index in [2.05, 4.69) is 177 Å². The summed E-state index contributed by atoms with van der Waals surface area (Å²) in [5.74, 6) is 0.674. The number of nitrogens with zero attached hydrogens (tertiary/aromatic N) is 3. The second-order valence-corrected chi connectivity index (χ2v) is 14.6. The molecule has 57 heavy (non-hydrogen) atoms. The smallest absolute Gasteiger partial charge is 0.160 e. The largest absolute Gasteiger partial charge is 0.256 e. The normalized spacial score (nSPS) is 13.7. The Morgan fingerprint density at radius 3 is 1.65 bits per heavy atom. The Kier molecular flexibility index (Phi) is 8.54. The summed E-state index contributed by atoms with van der Waals surface area (Å²) in [6, 6.07) is 58.5. The molecule has 0 atom stereocenters. The summed E-state index contributed by atoms with van der Waals surface area (Å²) in [7, 11) is 0. The third-order valence-corrected chi connectivity index (χ3v) is 11.0. The molecule has 10 rings (SSSR count). The van der Waals surface area contributed by atoms with Crippen LogP contribution in [0.1, 0.15) is 12.5 Å². The van der Waals surface area contributed by atoms with E-state index in [0.717, 1.165) is 55.9 Å². The van der Waals surface area contributed by atoms with Gasteiger partial charge in [-0.05, 0) is 102 Å². The van der Waals surface area contributed by atoms with Gasteiger partial charge in [0.05, 0.1) is 17.1 Å². The van der Waals surface area contributed by atoms with E-state index in [-0.39, 0.29) is 0 Å². The first-order valence-corrected chi connectivity index (χ1v) is 19.3. The zero-order valence-electron chi connectivity index (χ0n) is 31.5. The average Bonchev–Trinajstić information content (AvgIpc) is 3.28.